The highest BCUT2D eigenvalue weighted by atomic mass is 35.5. The van der Waals surface area contributed by atoms with E-state index in [1.165, 1.54) is 17.9 Å². The second-order valence-electron chi connectivity index (χ2n) is 5.38. The van der Waals surface area contributed by atoms with Crippen molar-refractivity contribution in [2.45, 2.75) is 24.8 Å². The summed E-state index contributed by atoms with van der Waals surface area (Å²) in [6, 6.07) is 7.37. The summed E-state index contributed by atoms with van der Waals surface area (Å²) in [5.74, 6) is -0.308. The number of aryl methyl sites for hydroxylation is 1. The maximum atomic E-state index is 12.9. The molecule has 1 N–H and O–H groups in total. The summed E-state index contributed by atoms with van der Waals surface area (Å²) in [5, 5.41) is 7.07. The van der Waals surface area contributed by atoms with Gasteiger partial charge >= 0.3 is 0 Å². The minimum Gasteiger partial charge on any atom is -0.349 e. The molecular weight excluding hydrogens is 312 g/mol. The lowest BCUT2D eigenvalue weighted by molar-refractivity contribution is 0.0935. The summed E-state index contributed by atoms with van der Waals surface area (Å²) in [4.78, 5) is 12.1. The molecule has 0 aliphatic heterocycles. The molecule has 4 nitrogen and oxygen atoms in total. The average Bonchev–Trinajstić information content (AvgIpc) is 3.10. The summed E-state index contributed by atoms with van der Waals surface area (Å²) in [6.07, 6.45) is -0.665. The minimum atomic E-state index is -2.77. The molecule has 0 saturated heterocycles. The number of aromatic nitrogens is 2. The lowest BCUT2D eigenvalue weighted by atomic mass is 10.1. The Labute approximate surface area is 131 Å². The number of halogens is 3. The summed E-state index contributed by atoms with van der Waals surface area (Å²) < 4.78 is 27.0. The lowest BCUT2D eigenvalue weighted by Crippen LogP contribution is -2.27. The average molecular weight is 326 g/mol. The van der Waals surface area contributed by atoms with E-state index in [4.69, 9.17) is 11.6 Å². The quantitative estimate of drug-likeness (QED) is 0.937. The Balaban J connectivity index is 1.68. The van der Waals surface area contributed by atoms with Crippen LogP contribution in [0.15, 0.2) is 30.5 Å². The minimum absolute atomic E-state index is 0.0422. The first-order valence-electron chi connectivity index (χ1n) is 6.83. The standard InChI is InChI=1S/C15H14ClF2N3O/c1-21-7-11(13(20-21)14(17)18)15(22)19-12-6-10(12)8-2-4-9(16)5-3-8/h2-5,7,10,12,14H,6H2,1H3,(H,19,22)/t10-,12-/m1/s1. The van der Waals surface area contributed by atoms with Gasteiger partial charge in [0, 0.05) is 30.2 Å². The maximum Gasteiger partial charge on any atom is 0.282 e. The molecule has 2 aromatic rings. The van der Waals surface area contributed by atoms with Crippen LogP contribution < -0.4 is 5.32 Å². The van der Waals surface area contributed by atoms with E-state index in [-0.39, 0.29) is 17.5 Å². The number of nitrogens with zero attached hydrogens (tertiary/aromatic N) is 2. The summed E-state index contributed by atoms with van der Waals surface area (Å²) in [7, 11) is 1.51. The van der Waals surface area contributed by atoms with Crippen LogP contribution >= 0.6 is 11.6 Å². The first-order valence-corrected chi connectivity index (χ1v) is 7.21. The molecule has 1 aliphatic carbocycles. The number of benzene rings is 1. The molecule has 7 heteroatoms. The fourth-order valence-electron chi connectivity index (χ4n) is 2.52. The Morgan fingerprint density at radius 1 is 1.41 bits per heavy atom. The zero-order chi connectivity index (χ0) is 15.9. The Morgan fingerprint density at radius 2 is 2.09 bits per heavy atom. The molecule has 1 aliphatic rings. The fraction of sp³-hybridized carbons (Fsp3) is 0.333. The molecule has 22 heavy (non-hydrogen) atoms. The van der Waals surface area contributed by atoms with Crippen molar-refractivity contribution in [2.24, 2.45) is 7.05 Å². The predicted octanol–water partition coefficient (Wildman–Crippen LogP) is 3.30. The van der Waals surface area contributed by atoms with E-state index in [1.54, 1.807) is 12.1 Å². The third kappa shape index (κ3) is 2.97. The van der Waals surface area contributed by atoms with Crippen LogP contribution in [0.4, 0.5) is 8.78 Å². The molecule has 1 fully saturated rings. The summed E-state index contributed by atoms with van der Waals surface area (Å²) >= 11 is 5.84. The Bertz CT molecular complexity index is 699. The van der Waals surface area contributed by atoms with Crippen molar-refractivity contribution in [1.82, 2.24) is 15.1 Å². The topological polar surface area (TPSA) is 46.9 Å². The van der Waals surface area contributed by atoms with Gasteiger partial charge in [-0.15, -0.1) is 0 Å². The molecule has 0 radical (unpaired) electrons. The lowest BCUT2D eigenvalue weighted by Gasteiger charge is -2.05. The number of hydrogen-bond donors (Lipinski definition) is 1. The van der Waals surface area contributed by atoms with Gasteiger partial charge < -0.3 is 5.32 Å². The van der Waals surface area contributed by atoms with Crippen LogP contribution in [0.1, 0.15) is 40.4 Å². The van der Waals surface area contributed by atoms with Gasteiger partial charge in [0.05, 0.1) is 5.56 Å². The molecule has 1 amide bonds. The number of carbonyl (C=O) groups is 1. The Morgan fingerprint density at radius 3 is 2.73 bits per heavy atom. The summed E-state index contributed by atoms with van der Waals surface area (Å²) in [5.41, 5.74) is 0.526. The van der Waals surface area contributed by atoms with Crippen LogP contribution in [0.25, 0.3) is 0 Å². The third-order valence-corrected chi connectivity index (χ3v) is 3.97. The van der Waals surface area contributed by atoms with Crippen molar-refractivity contribution < 1.29 is 13.6 Å². The smallest absolute Gasteiger partial charge is 0.282 e. The van der Waals surface area contributed by atoms with Crippen molar-refractivity contribution in [1.29, 1.82) is 0 Å². The van der Waals surface area contributed by atoms with Gasteiger partial charge in [0.1, 0.15) is 5.69 Å². The highest BCUT2D eigenvalue weighted by Gasteiger charge is 2.40. The van der Waals surface area contributed by atoms with Gasteiger partial charge in [0.15, 0.2) is 0 Å². The molecule has 0 unspecified atom stereocenters. The molecule has 1 aromatic carbocycles. The van der Waals surface area contributed by atoms with Gasteiger partial charge in [-0.2, -0.15) is 5.10 Å². The van der Waals surface area contributed by atoms with Gasteiger partial charge in [-0.05, 0) is 24.1 Å². The Kier molecular flexibility index (Phi) is 3.87. The normalized spacial score (nSPS) is 20.2. The van der Waals surface area contributed by atoms with E-state index in [9.17, 15) is 13.6 Å². The van der Waals surface area contributed by atoms with E-state index in [0.29, 0.717) is 5.02 Å². The number of carbonyl (C=O) groups excluding carboxylic acids is 1. The van der Waals surface area contributed by atoms with Gasteiger partial charge in [-0.25, -0.2) is 8.78 Å². The molecule has 0 spiro atoms. The van der Waals surface area contributed by atoms with Crippen molar-refractivity contribution in [2.75, 3.05) is 0 Å². The van der Waals surface area contributed by atoms with Crippen molar-refractivity contribution >= 4 is 17.5 Å². The molecule has 1 aromatic heterocycles. The van der Waals surface area contributed by atoms with Crippen LogP contribution in [0.3, 0.4) is 0 Å². The van der Waals surface area contributed by atoms with Gasteiger partial charge in [-0.1, -0.05) is 23.7 Å². The molecule has 0 bridgehead atoms. The van der Waals surface area contributed by atoms with E-state index < -0.39 is 18.0 Å². The molecule has 3 rings (SSSR count). The molecular formula is C15H14ClF2N3O. The summed E-state index contributed by atoms with van der Waals surface area (Å²) in [6.45, 7) is 0. The zero-order valence-electron chi connectivity index (χ0n) is 11.8. The SMILES string of the molecule is Cn1cc(C(=O)N[C@@H]2C[C@@H]2c2ccc(Cl)cc2)c(C(F)F)n1. The monoisotopic (exact) mass is 325 g/mol. The van der Waals surface area contributed by atoms with Crippen LogP contribution in [-0.4, -0.2) is 21.7 Å². The largest absolute Gasteiger partial charge is 0.349 e. The fourth-order valence-corrected chi connectivity index (χ4v) is 2.65. The number of rotatable bonds is 4. The van der Waals surface area contributed by atoms with E-state index >= 15 is 0 Å². The van der Waals surface area contributed by atoms with Crippen molar-refractivity contribution in [3.05, 3.63) is 52.3 Å². The number of alkyl halides is 2. The van der Waals surface area contributed by atoms with Crippen LogP contribution in [0, 0.1) is 0 Å². The second kappa shape index (κ2) is 5.68. The van der Waals surface area contributed by atoms with Crippen molar-refractivity contribution in [3.8, 4) is 0 Å². The molecule has 1 heterocycles. The van der Waals surface area contributed by atoms with E-state index in [2.05, 4.69) is 10.4 Å². The first kappa shape index (κ1) is 15.0. The first-order chi connectivity index (χ1) is 10.5. The predicted molar refractivity (Wildman–Crippen MR) is 78.2 cm³/mol. The molecule has 116 valence electrons. The number of nitrogens with one attached hydrogen (secondary N) is 1. The van der Waals surface area contributed by atoms with Crippen LogP contribution in [0.5, 0.6) is 0 Å². The van der Waals surface area contributed by atoms with Gasteiger partial charge in [0.2, 0.25) is 0 Å². The zero-order valence-corrected chi connectivity index (χ0v) is 12.5. The van der Waals surface area contributed by atoms with Gasteiger partial charge in [-0.3, -0.25) is 9.48 Å². The van der Waals surface area contributed by atoms with Crippen LogP contribution in [-0.2, 0) is 7.05 Å². The van der Waals surface area contributed by atoms with E-state index in [0.717, 1.165) is 12.0 Å². The molecule has 1 saturated carbocycles. The highest BCUT2D eigenvalue weighted by molar-refractivity contribution is 6.30. The molecule has 2 atom stereocenters. The Hall–Kier alpha value is -1.95. The highest BCUT2D eigenvalue weighted by Crippen LogP contribution is 2.41. The van der Waals surface area contributed by atoms with Crippen LogP contribution in [0.2, 0.25) is 5.02 Å². The van der Waals surface area contributed by atoms with Gasteiger partial charge in [0.25, 0.3) is 12.3 Å². The van der Waals surface area contributed by atoms with E-state index in [1.807, 2.05) is 12.1 Å². The second-order valence-corrected chi connectivity index (χ2v) is 5.81. The maximum absolute atomic E-state index is 12.9. The third-order valence-electron chi connectivity index (χ3n) is 3.71. The number of amides is 1. The number of hydrogen-bond acceptors (Lipinski definition) is 2. The van der Waals surface area contributed by atoms with Crippen molar-refractivity contribution in [3.63, 3.8) is 0 Å².